The highest BCUT2D eigenvalue weighted by atomic mass is 79.9. The van der Waals surface area contributed by atoms with Gasteiger partial charge in [0, 0.05) is 9.50 Å². The van der Waals surface area contributed by atoms with Crippen molar-refractivity contribution in [3.8, 4) is 11.5 Å². The van der Waals surface area contributed by atoms with Crippen LogP contribution in [0.4, 0.5) is 0 Å². The van der Waals surface area contributed by atoms with Crippen LogP contribution in [0.15, 0.2) is 40.9 Å². The van der Waals surface area contributed by atoms with Crippen LogP contribution in [0.2, 0.25) is 5.02 Å². The van der Waals surface area contributed by atoms with E-state index >= 15 is 0 Å². The molecule has 19 heavy (non-hydrogen) atoms. The summed E-state index contributed by atoms with van der Waals surface area (Å²) in [6.07, 6.45) is 0.766. The van der Waals surface area contributed by atoms with E-state index in [9.17, 15) is 0 Å². The van der Waals surface area contributed by atoms with Crippen LogP contribution in [0.5, 0.6) is 11.5 Å². The predicted molar refractivity (Wildman–Crippen MR) is 83.2 cm³/mol. The summed E-state index contributed by atoms with van der Waals surface area (Å²) in [5.41, 5.74) is 7.74. The van der Waals surface area contributed by atoms with Gasteiger partial charge in [-0.25, -0.2) is 0 Å². The largest absolute Gasteiger partial charge is 0.457 e. The zero-order valence-corrected chi connectivity index (χ0v) is 13.0. The quantitative estimate of drug-likeness (QED) is 0.875. The third kappa shape index (κ3) is 3.72. The summed E-state index contributed by atoms with van der Waals surface area (Å²) < 4.78 is 7.00. The Balaban J connectivity index is 2.33. The number of hydrogen-bond acceptors (Lipinski definition) is 2. The molecule has 0 amide bonds. The van der Waals surface area contributed by atoms with Crippen LogP contribution < -0.4 is 10.5 Å². The molecule has 0 radical (unpaired) electrons. The second-order valence-corrected chi connectivity index (χ2v) is 5.65. The van der Waals surface area contributed by atoms with Crippen LogP contribution in [0.3, 0.4) is 0 Å². The normalized spacial score (nSPS) is 10.5. The zero-order valence-electron chi connectivity index (χ0n) is 10.6. The molecule has 2 nitrogen and oxygen atoms in total. The monoisotopic (exact) mass is 339 g/mol. The molecule has 0 atom stereocenters. The summed E-state index contributed by atoms with van der Waals surface area (Å²) in [5, 5.41) is 0.658. The lowest BCUT2D eigenvalue weighted by molar-refractivity contribution is 0.472. The second kappa shape index (κ2) is 6.42. The van der Waals surface area contributed by atoms with Crippen LogP contribution in [0.1, 0.15) is 11.1 Å². The minimum Gasteiger partial charge on any atom is -0.457 e. The molecular formula is C15H15BrClNO. The van der Waals surface area contributed by atoms with Crippen molar-refractivity contribution in [2.24, 2.45) is 5.73 Å². The summed E-state index contributed by atoms with van der Waals surface area (Å²) in [6, 6.07) is 11.5. The summed E-state index contributed by atoms with van der Waals surface area (Å²) in [5.74, 6) is 1.59. The van der Waals surface area contributed by atoms with Crippen molar-refractivity contribution in [2.45, 2.75) is 13.3 Å². The van der Waals surface area contributed by atoms with Gasteiger partial charge >= 0.3 is 0 Å². The zero-order chi connectivity index (χ0) is 13.8. The molecule has 0 heterocycles. The molecule has 100 valence electrons. The first-order valence-corrected chi connectivity index (χ1v) is 7.20. The summed E-state index contributed by atoms with van der Waals surface area (Å²) >= 11 is 9.47. The van der Waals surface area contributed by atoms with Crippen LogP contribution in [-0.4, -0.2) is 6.54 Å². The molecular weight excluding hydrogens is 326 g/mol. The van der Waals surface area contributed by atoms with Gasteiger partial charge in [-0.2, -0.15) is 0 Å². The van der Waals surface area contributed by atoms with E-state index in [1.54, 1.807) is 0 Å². The van der Waals surface area contributed by atoms with Gasteiger partial charge in [0.15, 0.2) is 0 Å². The van der Waals surface area contributed by atoms with Gasteiger partial charge in [-0.05, 0) is 61.3 Å². The molecule has 0 aromatic heterocycles. The standard InChI is InChI=1S/C15H15BrClNO/c1-10-8-12(16)3-5-14(10)19-15-9-13(17)4-2-11(15)6-7-18/h2-5,8-9H,6-7,18H2,1H3. The SMILES string of the molecule is Cc1cc(Br)ccc1Oc1cc(Cl)ccc1CCN. The number of aryl methyl sites for hydroxylation is 1. The lowest BCUT2D eigenvalue weighted by atomic mass is 10.1. The van der Waals surface area contributed by atoms with E-state index in [1.807, 2.05) is 43.3 Å². The average Bonchev–Trinajstić information content (AvgIpc) is 2.36. The second-order valence-electron chi connectivity index (χ2n) is 4.30. The van der Waals surface area contributed by atoms with Gasteiger partial charge in [-0.3, -0.25) is 0 Å². The fourth-order valence-corrected chi connectivity index (χ4v) is 2.47. The molecule has 2 aromatic carbocycles. The first-order valence-electron chi connectivity index (χ1n) is 6.02. The maximum Gasteiger partial charge on any atom is 0.132 e. The lowest BCUT2D eigenvalue weighted by Gasteiger charge is -2.13. The fraction of sp³-hybridized carbons (Fsp3) is 0.200. The third-order valence-electron chi connectivity index (χ3n) is 2.80. The number of benzene rings is 2. The van der Waals surface area contributed by atoms with E-state index in [0.717, 1.165) is 33.5 Å². The van der Waals surface area contributed by atoms with Gasteiger partial charge in [0.05, 0.1) is 0 Å². The molecule has 0 unspecified atom stereocenters. The Morgan fingerprint density at radius 1 is 1.16 bits per heavy atom. The van der Waals surface area contributed by atoms with Crippen molar-refractivity contribution < 1.29 is 4.74 Å². The van der Waals surface area contributed by atoms with Gasteiger partial charge < -0.3 is 10.5 Å². The maximum absolute atomic E-state index is 6.03. The molecule has 0 aliphatic rings. The number of ether oxygens (including phenoxy) is 1. The van der Waals surface area contributed by atoms with E-state index in [1.165, 1.54) is 0 Å². The minimum atomic E-state index is 0.581. The topological polar surface area (TPSA) is 35.2 Å². The highest BCUT2D eigenvalue weighted by molar-refractivity contribution is 9.10. The van der Waals surface area contributed by atoms with Crippen molar-refractivity contribution in [1.82, 2.24) is 0 Å². The van der Waals surface area contributed by atoms with Crippen molar-refractivity contribution in [2.75, 3.05) is 6.54 Å². The fourth-order valence-electron chi connectivity index (χ4n) is 1.83. The molecule has 0 bridgehead atoms. The molecule has 4 heteroatoms. The molecule has 2 N–H and O–H groups in total. The average molecular weight is 341 g/mol. The first-order chi connectivity index (χ1) is 9.10. The minimum absolute atomic E-state index is 0.581. The predicted octanol–water partition coefficient (Wildman–Crippen LogP) is 4.70. The Labute approximate surface area is 126 Å². The molecule has 0 saturated heterocycles. The van der Waals surface area contributed by atoms with Crippen molar-refractivity contribution >= 4 is 27.5 Å². The number of halogens is 2. The highest BCUT2D eigenvalue weighted by Gasteiger charge is 2.08. The molecule has 2 rings (SSSR count). The van der Waals surface area contributed by atoms with E-state index in [4.69, 9.17) is 22.1 Å². The third-order valence-corrected chi connectivity index (χ3v) is 3.53. The Morgan fingerprint density at radius 3 is 2.63 bits per heavy atom. The first kappa shape index (κ1) is 14.4. The maximum atomic E-state index is 6.03. The van der Waals surface area contributed by atoms with Crippen LogP contribution >= 0.6 is 27.5 Å². The molecule has 0 aliphatic heterocycles. The number of hydrogen-bond donors (Lipinski definition) is 1. The van der Waals surface area contributed by atoms with Crippen LogP contribution in [-0.2, 0) is 6.42 Å². The van der Waals surface area contributed by atoms with E-state index in [-0.39, 0.29) is 0 Å². The van der Waals surface area contributed by atoms with E-state index in [0.29, 0.717) is 11.6 Å². The van der Waals surface area contributed by atoms with Crippen LogP contribution in [0, 0.1) is 6.92 Å². The Bertz CT molecular complexity index is 586. The van der Waals surface area contributed by atoms with Crippen LogP contribution in [0.25, 0.3) is 0 Å². The van der Waals surface area contributed by atoms with E-state index in [2.05, 4.69) is 15.9 Å². The van der Waals surface area contributed by atoms with Gasteiger partial charge in [-0.1, -0.05) is 33.6 Å². The summed E-state index contributed by atoms with van der Waals surface area (Å²) in [6.45, 7) is 2.59. The number of nitrogens with two attached hydrogens (primary N) is 1. The van der Waals surface area contributed by atoms with E-state index < -0.39 is 0 Å². The molecule has 0 fully saturated rings. The summed E-state index contributed by atoms with van der Waals surface area (Å²) in [7, 11) is 0. The molecule has 0 saturated carbocycles. The summed E-state index contributed by atoms with van der Waals surface area (Å²) in [4.78, 5) is 0. The van der Waals surface area contributed by atoms with Crippen molar-refractivity contribution in [3.05, 3.63) is 57.0 Å². The molecule has 2 aromatic rings. The Hall–Kier alpha value is -1.03. The van der Waals surface area contributed by atoms with Gasteiger partial charge in [0.2, 0.25) is 0 Å². The smallest absolute Gasteiger partial charge is 0.132 e. The van der Waals surface area contributed by atoms with Gasteiger partial charge in [-0.15, -0.1) is 0 Å². The van der Waals surface area contributed by atoms with Gasteiger partial charge in [0.25, 0.3) is 0 Å². The molecule has 0 spiro atoms. The van der Waals surface area contributed by atoms with Gasteiger partial charge in [0.1, 0.15) is 11.5 Å². The number of rotatable bonds is 4. The lowest BCUT2D eigenvalue weighted by Crippen LogP contribution is -2.04. The Kier molecular flexibility index (Phi) is 4.86. The van der Waals surface area contributed by atoms with Crippen molar-refractivity contribution in [3.63, 3.8) is 0 Å². The highest BCUT2D eigenvalue weighted by Crippen LogP contribution is 2.31. The van der Waals surface area contributed by atoms with Crippen molar-refractivity contribution in [1.29, 1.82) is 0 Å². The molecule has 0 aliphatic carbocycles. The Morgan fingerprint density at radius 2 is 1.95 bits per heavy atom.